The first-order chi connectivity index (χ1) is 7.54. The molecule has 0 saturated heterocycles. The van der Waals surface area contributed by atoms with Crippen LogP contribution in [-0.4, -0.2) is 22.1 Å². The number of hydrogen-bond donors (Lipinski definition) is 2. The Bertz CT molecular complexity index is 343. The molecule has 0 saturated carbocycles. The standard InChI is InChI=1S/C13H18O3/c1-3-9(2)13(16)12(15)8-10-4-6-11(14)7-5-10/h4-7,9,13-14,16H,3,8H2,1-2H3. The predicted molar refractivity (Wildman–Crippen MR) is 62.3 cm³/mol. The van der Waals surface area contributed by atoms with Gasteiger partial charge in [0.15, 0.2) is 5.78 Å². The first kappa shape index (κ1) is 12.7. The third kappa shape index (κ3) is 3.35. The Morgan fingerprint density at radius 1 is 1.31 bits per heavy atom. The zero-order valence-electron chi connectivity index (χ0n) is 9.68. The van der Waals surface area contributed by atoms with Crippen LogP contribution in [0.25, 0.3) is 0 Å². The summed E-state index contributed by atoms with van der Waals surface area (Å²) in [5.74, 6) is 0.00308. The van der Waals surface area contributed by atoms with Crippen LogP contribution in [0.3, 0.4) is 0 Å². The number of ketones is 1. The number of rotatable bonds is 5. The molecule has 0 radical (unpaired) electrons. The van der Waals surface area contributed by atoms with Crippen LogP contribution in [0.5, 0.6) is 5.75 Å². The normalized spacial score (nSPS) is 14.4. The lowest BCUT2D eigenvalue weighted by Gasteiger charge is -2.15. The quantitative estimate of drug-likeness (QED) is 0.800. The van der Waals surface area contributed by atoms with Crippen LogP contribution in [0.1, 0.15) is 25.8 Å². The van der Waals surface area contributed by atoms with E-state index in [1.54, 1.807) is 12.1 Å². The molecule has 1 aromatic rings. The maximum Gasteiger partial charge on any atom is 0.165 e. The molecule has 0 aliphatic heterocycles. The zero-order chi connectivity index (χ0) is 12.1. The number of benzene rings is 1. The molecule has 16 heavy (non-hydrogen) atoms. The van der Waals surface area contributed by atoms with Gasteiger partial charge < -0.3 is 10.2 Å². The summed E-state index contributed by atoms with van der Waals surface area (Å²) in [5, 5.41) is 18.8. The van der Waals surface area contributed by atoms with Crippen molar-refractivity contribution in [1.82, 2.24) is 0 Å². The Labute approximate surface area is 95.7 Å². The largest absolute Gasteiger partial charge is 0.508 e. The first-order valence-electron chi connectivity index (χ1n) is 5.53. The van der Waals surface area contributed by atoms with Crippen molar-refractivity contribution in [1.29, 1.82) is 0 Å². The van der Waals surface area contributed by atoms with Gasteiger partial charge in [-0.1, -0.05) is 32.4 Å². The minimum atomic E-state index is -0.890. The molecule has 0 bridgehead atoms. The van der Waals surface area contributed by atoms with Crippen molar-refractivity contribution < 1.29 is 15.0 Å². The Morgan fingerprint density at radius 2 is 1.88 bits per heavy atom. The van der Waals surface area contributed by atoms with Crippen LogP contribution < -0.4 is 0 Å². The van der Waals surface area contributed by atoms with Gasteiger partial charge in [0.1, 0.15) is 11.9 Å². The van der Waals surface area contributed by atoms with E-state index in [2.05, 4.69) is 0 Å². The smallest absolute Gasteiger partial charge is 0.165 e. The molecule has 2 N–H and O–H groups in total. The van der Waals surface area contributed by atoms with Crippen LogP contribution in [0.2, 0.25) is 0 Å². The van der Waals surface area contributed by atoms with Gasteiger partial charge >= 0.3 is 0 Å². The molecule has 0 aliphatic rings. The van der Waals surface area contributed by atoms with E-state index in [-0.39, 0.29) is 23.9 Å². The monoisotopic (exact) mass is 222 g/mol. The van der Waals surface area contributed by atoms with Gasteiger partial charge in [0.25, 0.3) is 0 Å². The van der Waals surface area contributed by atoms with E-state index in [1.807, 2.05) is 13.8 Å². The average molecular weight is 222 g/mol. The molecule has 1 rings (SSSR count). The second-order valence-corrected chi connectivity index (χ2v) is 4.14. The van der Waals surface area contributed by atoms with Crippen LogP contribution in [0.4, 0.5) is 0 Å². The van der Waals surface area contributed by atoms with Crippen molar-refractivity contribution >= 4 is 5.78 Å². The summed E-state index contributed by atoms with van der Waals surface area (Å²) in [4.78, 5) is 11.7. The highest BCUT2D eigenvalue weighted by atomic mass is 16.3. The molecule has 0 amide bonds. The number of aliphatic hydroxyl groups excluding tert-OH is 1. The van der Waals surface area contributed by atoms with Gasteiger partial charge in [-0.25, -0.2) is 0 Å². The van der Waals surface area contributed by atoms with Crippen molar-refractivity contribution in [2.45, 2.75) is 32.8 Å². The summed E-state index contributed by atoms with van der Waals surface area (Å²) in [6.45, 7) is 3.81. The summed E-state index contributed by atoms with van der Waals surface area (Å²) in [6.07, 6.45) is 0.104. The van der Waals surface area contributed by atoms with Gasteiger partial charge in [-0.15, -0.1) is 0 Å². The molecule has 88 valence electrons. The minimum Gasteiger partial charge on any atom is -0.508 e. The summed E-state index contributed by atoms with van der Waals surface area (Å²) in [5.41, 5.74) is 0.810. The van der Waals surface area contributed by atoms with Gasteiger partial charge in [0.05, 0.1) is 0 Å². The molecule has 0 spiro atoms. The Kier molecular flexibility index (Phi) is 4.50. The van der Waals surface area contributed by atoms with E-state index >= 15 is 0 Å². The number of carbonyl (C=O) groups is 1. The molecule has 1 aromatic carbocycles. The maximum absolute atomic E-state index is 11.7. The van der Waals surface area contributed by atoms with Crippen LogP contribution in [0.15, 0.2) is 24.3 Å². The molecule has 3 nitrogen and oxygen atoms in total. The van der Waals surface area contributed by atoms with Gasteiger partial charge in [0, 0.05) is 6.42 Å². The highest BCUT2D eigenvalue weighted by molar-refractivity contribution is 5.85. The topological polar surface area (TPSA) is 57.5 Å². The molecule has 0 heterocycles. The number of Topliss-reactive ketones (excluding diaryl/α,β-unsaturated/α-hetero) is 1. The number of hydrogen-bond acceptors (Lipinski definition) is 3. The Balaban J connectivity index is 2.60. The fourth-order valence-corrected chi connectivity index (χ4v) is 1.46. The van der Waals surface area contributed by atoms with Gasteiger partial charge in [-0.2, -0.15) is 0 Å². The Hall–Kier alpha value is -1.35. The van der Waals surface area contributed by atoms with E-state index < -0.39 is 6.10 Å². The van der Waals surface area contributed by atoms with Gasteiger partial charge in [-0.05, 0) is 23.6 Å². The van der Waals surface area contributed by atoms with E-state index in [1.165, 1.54) is 12.1 Å². The van der Waals surface area contributed by atoms with Crippen LogP contribution >= 0.6 is 0 Å². The lowest BCUT2D eigenvalue weighted by atomic mass is 9.95. The van der Waals surface area contributed by atoms with E-state index in [0.29, 0.717) is 0 Å². The molecular weight excluding hydrogens is 204 g/mol. The second kappa shape index (κ2) is 5.66. The minimum absolute atomic E-state index is 0.00962. The fraction of sp³-hybridized carbons (Fsp3) is 0.462. The summed E-state index contributed by atoms with van der Waals surface area (Å²) in [7, 11) is 0. The summed E-state index contributed by atoms with van der Waals surface area (Å²) >= 11 is 0. The first-order valence-corrected chi connectivity index (χ1v) is 5.53. The molecular formula is C13H18O3. The average Bonchev–Trinajstić information content (AvgIpc) is 2.30. The third-order valence-corrected chi connectivity index (χ3v) is 2.83. The van der Waals surface area contributed by atoms with Crippen molar-refractivity contribution in [2.24, 2.45) is 5.92 Å². The Morgan fingerprint density at radius 3 is 2.38 bits per heavy atom. The second-order valence-electron chi connectivity index (χ2n) is 4.14. The van der Waals surface area contributed by atoms with E-state index in [0.717, 1.165) is 12.0 Å². The van der Waals surface area contributed by atoms with Crippen molar-refractivity contribution in [3.8, 4) is 5.75 Å². The highest BCUT2D eigenvalue weighted by Gasteiger charge is 2.20. The van der Waals surface area contributed by atoms with E-state index in [9.17, 15) is 9.90 Å². The summed E-state index contributed by atoms with van der Waals surface area (Å²) in [6, 6.07) is 6.46. The maximum atomic E-state index is 11.7. The lowest BCUT2D eigenvalue weighted by molar-refractivity contribution is -0.128. The number of phenols is 1. The zero-order valence-corrected chi connectivity index (χ0v) is 9.68. The molecule has 2 atom stereocenters. The number of phenolic OH excluding ortho intramolecular Hbond substituents is 1. The molecule has 0 fully saturated rings. The number of aromatic hydroxyl groups is 1. The molecule has 2 unspecified atom stereocenters. The SMILES string of the molecule is CCC(C)C(O)C(=O)Cc1ccc(O)cc1. The fourth-order valence-electron chi connectivity index (χ4n) is 1.46. The van der Waals surface area contributed by atoms with Crippen LogP contribution in [0, 0.1) is 5.92 Å². The van der Waals surface area contributed by atoms with Crippen molar-refractivity contribution in [3.05, 3.63) is 29.8 Å². The van der Waals surface area contributed by atoms with E-state index in [4.69, 9.17) is 5.11 Å². The highest BCUT2D eigenvalue weighted by Crippen LogP contribution is 2.14. The predicted octanol–water partition coefficient (Wildman–Crippen LogP) is 1.91. The van der Waals surface area contributed by atoms with Crippen molar-refractivity contribution in [2.75, 3.05) is 0 Å². The molecule has 0 aromatic heterocycles. The summed E-state index contributed by atoms with van der Waals surface area (Å²) < 4.78 is 0. The third-order valence-electron chi connectivity index (χ3n) is 2.83. The van der Waals surface area contributed by atoms with Crippen LogP contribution in [-0.2, 0) is 11.2 Å². The molecule has 0 aliphatic carbocycles. The number of carbonyl (C=O) groups excluding carboxylic acids is 1. The van der Waals surface area contributed by atoms with Gasteiger partial charge in [-0.3, -0.25) is 4.79 Å². The van der Waals surface area contributed by atoms with Crippen molar-refractivity contribution in [3.63, 3.8) is 0 Å². The van der Waals surface area contributed by atoms with Gasteiger partial charge in [0.2, 0.25) is 0 Å². The lowest BCUT2D eigenvalue weighted by Crippen LogP contribution is -2.28. The number of aliphatic hydroxyl groups is 1. The molecule has 3 heteroatoms.